The molecule has 0 aromatic carbocycles. The number of hydrogen-bond acceptors (Lipinski definition) is 8. The molecule has 0 radical (unpaired) electrons. The van der Waals surface area contributed by atoms with Crippen LogP contribution in [0.5, 0.6) is 0 Å². The summed E-state index contributed by atoms with van der Waals surface area (Å²) < 4.78 is 6.50. The molecule has 0 spiro atoms. The van der Waals surface area contributed by atoms with Crippen molar-refractivity contribution >= 4 is 17.8 Å². The Balaban J connectivity index is 1.82. The number of ether oxygens (including phenoxy) is 1. The monoisotopic (exact) mass is 464 g/mol. The first kappa shape index (κ1) is 25.1. The van der Waals surface area contributed by atoms with E-state index in [1.165, 1.54) is 19.1 Å². The van der Waals surface area contributed by atoms with Crippen LogP contribution in [0.2, 0.25) is 0 Å². The molecule has 1 unspecified atom stereocenters. The number of esters is 1. The number of aliphatic hydroxyl groups is 1. The van der Waals surface area contributed by atoms with Gasteiger partial charge in [0.05, 0.1) is 25.1 Å². The molecule has 11 heteroatoms. The van der Waals surface area contributed by atoms with E-state index in [4.69, 9.17) is 4.74 Å². The molecule has 33 heavy (non-hydrogen) atoms. The number of amides is 2. The van der Waals surface area contributed by atoms with Crippen molar-refractivity contribution in [2.75, 3.05) is 27.2 Å². The van der Waals surface area contributed by atoms with Gasteiger partial charge in [-0.15, -0.1) is 5.10 Å². The molecule has 0 aliphatic carbocycles. The minimum atomic E-state index is -0.752. The Labute approximate surface area is 194 Å². The summed E-state index contributed by atoms with van der Waals surface area (Å²) in [7, 11) is 2.91. The second-order valence-electron chi connectivity index (χ2n) is 9.97. The summed E-state index contributed by atoms with van der Waals surface area (Å²) in [5.74, 6) is -0.835. The Bertz CT molecular complexity index is 866. The van der Waals surface area contributed by atoms with E-state index in [1.807, 2.05) is 25.7 Å². The van der Waals surface area contributed by atoms with Crippen LogP contribution >= 0.6 is 0 Å². The van der Waals surface area contributed by atoms with Gasteiger partial charge >= 0.3 is 5.97 Å². The van der Waals surface area contributed by atoms with Gasteiger partial charge in [0.15, 0.2) is 0 Å². The van der Waals surface area contributed by atoms with Crippen molar-refractivity contribution in [1.82, 2.24) is 30.1 Å². The normalized spacial score (nSPS) is 25.0. The maximum atomic E-state index is 13.6. The zero-order valence-electron chi connectivity index (χ0n) is 20.2. The molecule has 184 valence electrons. The molecule has 0 saturated carbocycles. The molecule has 11 nitrogen and oxygen atoms in total. The van der Waals surface area contributed by atoms with Gasteiger partial charge in [-0.25, -0.2) is 4.68 Å². The highest BCUT2D eigenvalue weighted by Crippen LogP contribution is 2.34. The molecule has 1 aromatic heterocycles. The number of nitrogens with zero attached hydrogens (tertiary/aromatic N) is 5. The number of nitrogens with one attached hydrogen (secondary N) is 1. The number of aromatic nitrogens is 3. The predicted octanol–water partition coefficient (Wildman–Crippen LogP) is 0.101. The van der Waals surface area contributed by atoms with Crippen molar-refractivity contribution in [3.05, 3.63) is 11.9 Å². The van der Waals surface area contributed by atoms with E-state index in [-0.39, 0.29) is 36.8 Å². The van der Waals surface area contributed by atoms with Crippen molar-refractivity contribution in [3.8, 4) is 0 Å². The average Bonchev–Trinajstić information content (AvgIpc) is 3.38. The molecule has 0 bridgehead atoms. The van der Waals surface area contributed by atoms with E-state index in [9.17, 15) is 19.5 Å². The van der Waals surface area contributed by atoms with Crippen LogP contribution in [0.25, 0.3) is 0 Å². The van der Waals surface area contributed by atoms with E-state index in [2.05, 4.69) is 15.6 Å². The van der Waals surface area contributed by atoms with Crippen molar-refractivity contribution in [2.24, 2.45) is 5.41 Å². The van der Waals surface area contributed by atoms with Crippen LogP contribution in [0.15, 0.2) is 6.20 Å². The summed E-state index contributed by atoms with van der Waals surface area (Å²) in [4.78, 5) is 41.6. The SMILES string of the molecule is CNC(=O)[C@H]1C[C@H](O)CN1C(=O)[C@@H](n1cc(CN2CCCCC2C(=O)OC)nn1)C(C)(C)C. The highest BCUT2D eigenvalue weighted by Gasteiger charge is 2.45. The number of carbonyl (C=O) groups excluding carboxylic acids is 3. The van der Waals surface area contributed by atoms with Gasteiger partial charge in [-0.2, -0.15) is 0 Å². The quantitative estimate of drug-likeness (QED) is 0.567. The molecule has 2 aliphatic rings. The standard InChI is InChI=1S/C22H36N6O5/c1-22(2,3)18(20(31)27-13-15(29)10-17(27)19(30)23-4)28-12-14(24-25-28)11-26-9-7-6-8-16(26)21(32)33-5/h12,15-18,29H,6-11,13H2,1-5H3,(H,23,30)/t15-,16?,17+,18+/m0/s1. The van der Waals surface area contributed by atoms with Crippen LogP contribution in [-0.2, 0) is 25.7 Å². The van der Waals surface area contributed by atoms with Crippen molar-refractivity contribution in [2.45, 2.75) is 77.2 Å². The molecule has 4 atom stereocenters. The van der Waals surface area contributed by atoms with Crippen LogP contribution in [0, 0.1) is 5.41 Å². The topological polar surface area (TPSA) is 130 Å². The molecule has 2 amide bonds. The van der Waals surface area contributed by atoms with E-state index in [1.54, 1.807) is 10.9 Å². The number of aliphatic hydroxyl groups excluding tert-OH is 1. The highest BCUT2D eigenvalue weighted by molar-refractivity contribution is 5.90. The van der Waals surface area contributed by atoms with Gasteiger partial charge in [0, 0.05) is 26.6 Å². The Hall–Kier alpha value is -2.53. The predicted molar refractivity (Wildman–Crippen MR) is 119 cm³/mol. The fourth-order valence-corrected chi connectivity index (χ4v) is 4.81. The Morgan fingerprint density at radius 1 is 1.27 bits per heavy atom. The Morgan fingerprint density at radius 2 is 2.00 bits per heavy atom. The van der Waals surface area contributed by atoms with Gasteiger partial charge in [0.1, 0.15) is 18.1 Å². The minimum Gasteiger partial charge on any atom is -0.468 e. The average molecular weight is 465 g/mol. The third-order valence-corrected chi connectivity index (χ3v) is 6.44. The van der Waals surface area contributed by atoms with E-state index < -0.39 is 23.6 Å². The van der Waals surface area contributed by atoms with Crippen molar-refractivity contribution in [1.29, 1.82) is 0 Å². The zero-order chi connectivity index (χ0) is 24.3. The van der Waals surface area contributed by atoms with E-state index >= 15 is 0 Å². The number of carbonyl (C=O) groups is 3. The summed E-state index contributed by atoms with van der Waals surface area (Å²) in [5, 5.41) is 21.2. The van der Waals surface area contributed by atoms with Gasteiger partial charge in [-0.3, -0.25) is 19.3 Å². The van der Waals surface area contributed by atoms with Crippen LogP contribution in [0.4, 0.5) is 0 Å². The number of methoxy groups -OCH3 is 1. The fraction of sp³-hybridized carbons (Fsp3) is 0.773. The lowest BCUT2D eigenvalue weighted by Crippen LogP contribution is -2.49. The summed E-state index contributed by atoms with van der Waals surface area (Å²) in [6.45, 7) is 7.06. The van der Waals surface area contributed by atoms with Crippen molar-refractivity contribution in [3.63, 3.8) is 0 Å². The molecule has 2 fully saturated rings. The van der Waals surface area contributed by atoms with E-state index in [0.29, 0.717) is 12.2 Å². The number of rotatable bonds is 6. The number of β-amino-alcohol motifs (C(OH)–C–C–N with tert-alkyl or cyclic N) is 1. The van der Waals surface area contributed by atoms with E-state index in [0.717, 1.165) is 25.8 Å². The fourth-order valence-electron chi connectivity index (χ4n) is 4.81. The van der Waals surface area contributed by atoms with Crippen LogP contribution < -0.4 is 5.32 Å². The lowest BCUT2D eigenvalue weighted by molar-refractivity contribution is -0.148. The number of piperidine rings is 1. The zero-order valence-corrected chi connectivity index (χ0v) is 20.2. The van der Waals surface area contributed by atoms with Crippen LogP contribution in [0.1, 0.15) is 58.2 Å². The third kappa shape index (κ3) is 5.52. The maximum Gasteiger partial charge on any atom is 0.323 e. The molecule has 2 saturated heterocycles. The summed E-state index contributed by atoms with van der Waals surface area (Å²) >= 11 is 0. The van der Waals surface area contributed by atoms with Gasteiger partial charge < -0.3 is 20.1 Å². The maximum absolute atomic E-state index is 13.6. The highest BCUT2D eigenvalue weighted by atomic mass is 16.5. The van der Waals surface area contributed by atoms with Gasteiger partial charge in [-0.1, -0.05) is 32.4 Å². The van der Waals surface area contributed by atoms with Crippen molar-refractivity contribution < 1.29 is 24.2 Å². The van der Waals surface area contributed by atoms with Gasteiger partial charge in [-0.05, 0) is 24.8 Å². The molecule has 3 heterocycles. The molecule has 2 aliphatic heterocycles. The minimum absolute atomic E-state index is 0.0969. The second-order valence-corrected chi connectivity index (χ2v) is 9.97. The summed E-state index contributed by atoms with van der Waals surface area (Å²) in [6.07, 6.45) is 3.88. The summed E-state index contributed by atoms with van der Waals surface area (Å²) in [5.41, 5.74) is 0.125. The Morgan fingerprint density at radius 3 is 2.64 bits per heavy atom. The lowest BCUT2D eigenvalue weighted by atomic mass is 9.85. The first-order valence-corrected chi connectivity index (χ1v) is 11.5. The molecule has 1 aromatic rings. The number of hydrogen-bond donors (Lipinski definition) is 2. The molecular weight excluding hydrogens is 428 g/mol. The lowest BCUT2D eigenvalue weighted by Gasteiger charge is -2.34. The molecular formula is C22H36N6O5. The summed E-state index contributed by atoms with van der Waals surface area (Å²) in [6, 6.07) is -1.75. The Kier molecular flexibility index (Phi) is 7.73. The molecule has 3 rings (SSSR count). The van der Waals surface area contributed by atoms with Gasteiger partial charge in [0.25, 0.3) is 0 Å². The third-order valence-electron chi connectivity index (χ3n) is 6.44. The number of likely N-dealkylation sites (tertiary alicyclic amines) is 2. The first-order chi connectivity index (χ1) is 15.6. The first-order valence-electron chi connectivity index (χ1n) is 11.5. The number of likely N-dealkylation sites (N-methyl/N-ethyl adjacent to an activating group) is 1. The smallest absolute Gasteiger partial charge is 0.323 e. The largest absolute Gasteiger partial charge is 0.468 e. The van der Waals surface area contributed by atoms with Gasteiger partial charge in [0.2, 0.25) is 11.8 Å². The second kappa shape index (κ2) is 10.2. The van der Waals surface area contributed by atoms with Crippen LogP contribution in [-0.4, -0.2) is 93.1 Å². The molecule has 2 N–H and O–H groups in total. The van der Waals surface area contributed by atoms with Crippen LogP contribution in [0.3, 0.4) is 0 Å².